The van der Waals surface area contributed by atoms with Crippen LogP contribution < -0.4 is 5.32 Å². The Balaban J connectivity index is 2.13. The van der Waals surface area contributed by atoms with E-state index in [4.69, 9.17) is 4.42 Å². The van der Waals surface area contributed by atoms with Crippen LogP contribution in [0.4, 0.5) is 5.00 Å². The molecule has 0 aliphatic carbocycles. The van der Waals surface area contributed by atoms with Crippen molar-refractivity contribution in [2.24, 2.45) is 0 Å². The Hall–Kier alpha value is -1.62. The van der Waals surface area contributed by atoms with Gasteiger partial charge in [-0.1, -0.05) is 0 Å². The number of anilines is 1. The molecule has 2 rings (SSSR count). The predicted octanol–water partition coefficient (Wildman–Crippen LogP) is 2.86. The van der Waals surface area contributed by atoms with Crippen LogP contribution in [0, 0.1) is 6.92 Å². The first-order chi connectivity index (χ1) is 7.68. The Kier molecular flexibility index (Phi) is 3.05. The van der Waals surface area contributed by atoms with Gasteiger partial charge in [-0.3, -0.25) is 4.79 Å². The summed E-state index contributed by atoms with van der Waals surface area (Å²) in [5.41, 5.74) is 2.52. The Morgan fingerprint density at radius 1 is 1.62 bits per heavy atom. The molecule has 0 fully saturated rings. The number of carbonyl (C=O) groups is 1. The number of furan rings is 1. The van der Waals surface area contributed by atoms with E-state index in [1.54, 1.807) is 19.5 Å². The number of aromatic nitrogens is 1. The van der Waals surface area contributed by atoms with Crippen LogP contribution >= 0.6 is 11.5 Å². The van der Waals surface area contributed by atoms with E-state index in [0.29, 0.717) is 12.1 Å². The molecule has 2 aromatic rings. The molecule has 0 aliphatic rings. The molecule has 0 aliphatic heterocycles. The van der Waals surface area contributed by atoms with Crippen LogP contribution in [-0.4, -0.2) is 10.2 Å². The zero-order valence-corrected chi connectivity index (χ0v) is 9.93. The molecule has 1 N–H and O–H groups in total. The second kappa shape index (κ2) is 4.49. The third-order valence-electron chi connectivity index (χ3n) is 2.25. The van der Waals surface area contributed by atoms with Crippen LogP contribution in [0.2, 0.25) is 0 Å². The molecule has 4 nitrogen and oxygen atoms in total. The fourth-order valence-electron chi connectivity index (χ4n) is 1.48. The van der Waals surface area contributed by atoms with Gasteiger partial charge < -0.3 is 9.73 Å². The SMILES string of the molecule is CC(=O)c1c(C)nsc1NCc1ccoc1. The smallest absolute Gasteiger partial charge is 0.164 e. The second-order valence-corrected chi connectivity index (χ2v) is 4.29. The maximum absolute atomic E-state index is 11.4. The van der Waals surface area contributed by atoms with Gasteiger partial charge in [-0.05, 0) is 31.4 Å². The minimum Gasteiger partial charge on any atom is -0.472 e. The molecule has 0 unspecified atom stereocenters. The zero-order valence-electron chi connectivity index (χ0n) is 9.11. The van der Waals surface area contributed by atoms with Crippen molar-refractivity contribution in [3.05, 3.63) is 35.4 Å². The number of rotatable bonds is 4. The molecule has 0 radical (unpaired) electrons. The highest BCUT2D eigenvalue weighted by Gasteiger charge is 2.14. The van der Waals surface area contributed by atoms with Crippen molar-refractivity contribution >= 4 is 22.3 Å². The maximum atomic E-state index is 11.4. The lowest BCUT2D eigenvalue weighted by Crippen LogP contribution is -2.02. The monoisotopic (exact) mass is 236 g/mol. The van der Waals surface area contributed by atoms with Gasteiger partial charge >= 0.3 is 0 Å². The number of hydrogen-bond acceptors (Lipinski definition) is 5. The predicted molar refractivity (Wildman–Crippen MR) is 62.9 cm³/mol. The van der Waals surface area contributed by atoms with E-state index in [2.05, 4.69) is 9.69 Å². The van der Waals surface area contributed by atoms with Gasteiger partial charge in [0.05, 0.1) is 23.8 Å². The molecule has 84 valence electrons. The van der Waals surface area contributed by atoms with Crippen LogP contribution in [-0.2, 0) is 6.54 Å². The first-order valence-corrected chi connectivity index (χ1v) is 5.68. The summed E-state index contributed by atoms with van der Waals surface area (Å²) < 4.78 is 9.14. The first-order valence-electron chi connectivity index (χ1n) is 4.90. The molecular formula is C11H12N2O2S. The van der Waals surface area contributed by atoms with Gasteiger partial charge in [-0.2, -0.15) is 4.37 Å². The second-order valence-electron chi connectivity index (χ2n) is 3.51. The largest absolute Gasteiger partial charge is 0.472 e. The van der Waals surface area contributed by atoms with Crippen molar-refractivity contribution in [3.8, 4) is 0 Å². The van der Waals surface area contributed by atoms with E-state index in [1.165, 1.54) is 11.5 Å². The van der Waals surface area contributed by atoms with Gasteiger partial charge in [0.15, 0.2) is 5.78 Å². The fourth-order valence-corrected chi connectivity index (χ4v) is 2.32. The summed E-state index contributed by atoms with van der Waals surface area (Å²) in [4.78, 5) is 11.4. The Labute approximate surface area is 97.5 Å². The van der Waals surface area contributed by atoms with E-state index in [1.807, 2.05) is 13.0 Å². The first kappa shape index (κ1) is 10.9. The summed E-state index contributed by atoms with van der Waals surface area (Å²) in [7, 11) is 0. The van der Waals surface area contributed by atoms with Crippen molar-refractivity contribution in [1.82, 2.24) is 4.37 Å². The van der Waals surface area contributed by atoms with Gasteiger partial charge in [0.2, 0.25) is 0 Å². The van der Waals surface area contributed by atoms with Crippen LogP contribution in [0.25, 0.3) is 0 Å². The average molecular weight is 236 g/mol. The van der Waals surface area contributed by atoms with E-state index >= 15 is 0 Å². The minimum absolute atomic E-state index is 0.0425. The number of aryl methyl sites for hydroxylation is 1. The lowest BCUT2D eigenvalue weighted by molar-refractivity contribution is 0.101. The number of hydrogen-bond donors (Lipinski definition) is 1. The van der Waals surface area contributed by atoms with Crippen LogP contribution in [0.5, 0.6) is 0 Å². The molecule has 0 saturated carbocycles. The molecule has 0 aromatic carbocycles. The fraction of sp³-hybridized carbons (Fsp3) is 0.273. The number of carbonyl (C=O) groups excluding carboxylic acids is 1. The third kappa shape index (κ3) is 2.14. The summed E-state index contributed by atoms with van der Waals surface area (Å²) in [5.74, 6) is 0.0425. The highest BCUT2D eigenvalue weighted by molar-refractivity contribution is 7.10. The Morgan fingerprint density at radius 2 is 2.44 bits per heavy atom. The molecule has 0 atom stereocenters. The summed E-state index contributed by atoms with van der Waals surface area (Å²) in [6, 6.07) is 1.88. The molecule has 2 aromatic heterocycles. The highest BCUT2D eigenvalue weighted by Crippen LogP contribution is 2.25. The number of nitrogens with zero attached hydrogens (tertiary/aromatic N) is 1. The van der Waals surface area contributed by atoms with Gasteiger partial charge in [-0.15, -0.1) is 0 Å². The molecule has 16 heavy (non-hydrogen) atoms. The molecule has 2 heterocycles. The summed E-state index contributed by atoms with van der Waals surface area (Å²) in [6.07, 6.45) is 3.30. The highest BCUT2D eigenvalue weighted by atomic mass is 32.1. The molecule has 0 spiro atoms. The minimum atomic E-state index is 0.0425. The maximum Gasteiger partial charge on any atom is 0.164 e. The van der Waals surface area contributed by atoms with Crippen molar-refractivity contribution in [1.29, 1.82) is 0 Å². The number of Topliss-reactive ketones (excluding diaryl/α,β-unsaturated/α-hetero) is 1. The van der Waals surface area contributed by atoms with Crippen LogP contribution in [0.15, 0.2) is 23.0 Å². The van der Waals surface area contributed by atoms with Crippen LogP contribution in [0.3, 0.4) is 0 Å². The molecule has 0 bridgehead atoms. The third-order valence-corrected chi connectivity index (χ3v) is 3.14. The molecule has 5 heteroatoms. The number of nitrogens with one attached hydrogen (secondary N) is 1. The molecular weight excluding hydrogens is 224 g/mol. The van der Waals surface area contributed by atoms with Crippen molar-refractivity contribution < 1.29 is 9.21 Å². The van der Waals surface area contributed by atoms with Gasteiger partial charge in [-0.25, -0.2) is 0 Å². The van der Waals surface area contributed by atoms with Crippen LogP contribution in [0.1, 0.15) is 28.5 Å². The van der Waals surface area contributed by atoms with Gasteiger partial charge in [0.25, 0.3) is 0 Å². The van der Waals surface area contributed by atoms with Crippen molar-refractivity contribution in [3.63, 3.8) is 0 Å². The topological polar surface area (TPSA) is 55.1 Å². The normalized spacial score (nSPS) is 10.4. The Bertz CT molecular complexity index is 488. The van der Waals surface area contributed by atoms with Gasteiger partial charge in [0.1, 0.15) is 5.00 Å². The average Bonchev–Trinajstić information content (AvgIpc) is 2.83. The lowest BCUT2D eigenvalue weighted by atomic mass is 10.2. The summed E-state index contributed by atoms with van der Waals surface area (Å²) in [6.45, 7) is 4.04. The summed E-state index contributed by atoms with van der Waals surface area (Å²) in [5, 5.41) is 4.02. The summed E-state index contributed by atoms with van der Waals surface area (Å²) >= 11 is 1.31. The van der Waals surface area contributed by atoms with E-state index < -0.39 is 0 Å². The van der Waals surface area contributed by atoms with Crippen molar-refractivity contribution in [2.45, 2.75) is 20.4 Å². The quantitative estimate of drug-likeness (QED) is 0.829. The zero-order chi connectivity index (χ0) is 11.5. The molecule has 0 saturated heterocycles. The van der Waals surface area contributed by atoms with E-state index in [9.17, 15) is 4.79 Å². The molecule has 0 amide bonds. The Morgan fingerprint density at radius 3 is 3.06 bits per heavy atom. The van der Waals surface area contributed by atoms with E-state index in [-0.39, 0.29) is 5.78 Å². The standard InChI is InChI=1S/C11H12N2O2S/c1-7-10(8(2)14)11(16-13-7)12-5-9-3-4-15-6-9/h3-4,6,12H,5H2,1-2H3. The van der Waals surface area contributed by atoms with E-state index in [0.717, 1.165) is 16.3 Å². The van der Waals surface area contributed by atoms with Gasteiger partial charge in [0, 0.05) is 12.1 Å². The number of ketones is 1. The lowest BCUT2D eigenvalue weighted by Gasteiger charge is -2.03. The van der Waals surface area contributed by atoms with Crippen molar-refractivity contribution in [2.75, 3.05) is 5.32 Å².